The SMILES string of the molecule is O=C(O)C(F)c1ccccc1-c1ccccc1. The lowest BCUT2D eigenvalue weighted by atomic mass is 9.97. The summed E-state index contributed by atoms with van der Waals surface area (Å²) in [5.74, 6) is -1.46. The van der Waals surface area contributed by atoms with Crippen LogP contribution in [0.5, 0.6) is 0 Å². The Bertz CT molecular complexity index is 523. The maximum Gasteiger partial charge on any atom is 0.343 e. The van der Waals surface area contributed by atoms with Crippen molar-refractivity contribution in [3.05, 3.63) is 60.2 Å². The van der Waals surface area contributed by atoms with Crippen LogP contribution < -0.4 is 0 Å². The molecule has 1 N–H and O–H groups in total. The Labute approximate surface area is 98.3 Å². The number of rotatable bonds is 3. The minimum Gasteiger partial charge on any atom is -0.479 e. The van der Waals surface area contributed by atoms with E-state index in [9.17, 15) is 9.18 Å². The molecule has 1 atom stereocenters. The molecule has 17 heavy (non-hydrogen) atoms. The third-order valence-corrected chi connectivity index (χ3v) is 2.54. The van der Waals surface area contributed by atoms with Crippen LogP contribution in [0.25, 0.3) is 11.1 Å². The maximum atomic E-state index is 13.6. The average Bonchev–Trinajstić information content (AvgIpc) is 2.39. The second kappa shape index (κ2) is 4.78. The van der Waals surface area contributed by atoms with Gasteiger partial charge in [0.15, 0.2) is 0 Å². The molecule has 0 amide bonds. The Balaban J connectivity index is 2.52. The van der Waals surface area contributed by atoms with Gasteiger partial charge in [-0.15, -0.1) is 0 Å². The van der Waals surface area contributed by atoms with Crippen molar-refractivity contribution in [2.24, 2.45) is 0 Å². The van der Waals surface area contributed by atoms with Crippen molar-refractivity contribution in [2.45, 2.75) is 6.17 Å². The molecular formula is C14H11FO2. The van der Waals surface area contributed by atoms with Gasteiger partial charge in [-0.3, -0.25) is 0 Å². The number of alkyl halides is 1. The summed E-state index contributed by atoms with van der Waals surface area (Å²) in [5, 5.41) is 8.73. The summed E-state index contributed by atoms with van der Waals surface area (Å²) < 4.78 is 13.6. The summed E-state index contributed by atoms with van der Waals surface area (Å²) in [7, 11) is 0. The molecule has 1 unspecified atom stereocenters. The van der Waals surface area contributed by atoms with Crippen LogP contribution in [0.2, 0.25) is 0 Å². The molecule has 2 aromatic rings. The molecule has 0 heterocycles. The van der Waals surface area contributed by atoms with Gasteiger partial charge in [0.2, 0.25) is 6.17 Å². The Morgan fingerprint density at radius 2 is 1.59 bits per heavy atom. The fourth-order valence-corrected chi connectivity index (χ4v) is 1.73. The Hall–Kier alpha value is -2.16. The lowest BCUT2D eigenvalue weighted by Gasteiger charge is -2.10. The van der Waals surface area contributed by atoms with Gasteiger partial charge in [0.05, 0.1) is 0 Å². The summed E-state index contributed by atoms with van der Waals surface area (Å²) in [6.07, 6.45) is -1.99. The van der Waals surface area contributed by atoms with E-state index < -0.39 is 12.1 Å². The van der Waals surface area contributed by atoms with Gasteiger partial charge >= 0.3 is 5.97 Å². The van der Waals surface area contributed by atoms with Crippen LogP contribution in [0, 0.1) is 0 Å². The highest BCUT2D eigenvalue weighted by Crippen LogP contribution is 2.30. The van der Waals surface area contributed by atoms with Crippen molar-refractivity contribution in [3.8, 4) is 11.1 Å². The van der Waals surface area contributed by atoms with E-state index in [1.807, 2.05) is 30.3 Å². The number of hydrogen-bond acceptors (Lipinski definition) is 1. The van der Waals surface area contributed by atoms with Crippen LogP contribution in [-0.4, -0.2) is 11.1 Å². The van der Waals surface area contributed by atoms with Gasteiger partial charge in [0.1, 0.15) is 0 Å². The summed E-state index contributed by atoms with van der Waals surface area (Å²) in [6.45, 7) is 0. The van der Waals surface area contributed by atoms with Crippen molar-refractivity contribution in [1.82, 2.24) is 0 Å². The Kier molecular flexibility index (Phi) is 3.19. The number of carboxylic acid groups (broad SMARTS) is 1. The van der Waals surface area contributed by atoms with Crippen LogP contribution in [0.15, 0.2) is 54.6 Å². The van der Waals surface area contributed by atoms with Gasteiger partial charge in [0, 0.05) is 5.56 Å². The summed E-state index contributed by atoms with van der Waals surface area (Å²) in [5.41, 5.74) is 1.61. The number of carboxylic acids is 1. The standard InChI is InChI=1S/C14H11FO2/c15-13(14(16)17)12-9-5-4-8-11(12)10-6-2-1-3-7-10/h1-9,13H,(H,16,17). The monoisotopic (exact) mass is 230 g/mol. The van der Waals surface area contributed by atoms with Crippen LogP contribution in [0.4, 0.5) is 4.39 Å². The molecule has 2 nitrogen and oxygen atoms in total. The Morgan fingerprint density at radius 1 is 1.00 bits per heavy atom. The molecule has 2 rings (SSSR count). The van der Waals surface area contributed by atoms with Gasteiger partial charge in [-0.05, 0) is 11.1 Å². The minimum absolute atomic E-state index is 0.186. The number of carbonyl (C=O) groups is 1. The summed E-state index contributed by atoms with van der Waals surface area (Å²) >= 11 is 0. The highest BCUT2D eigenvalue weighted by atomic mass is 19.1. The van der Waals surface area contributed by atoms with Crippen LogP contribution >= 0.6 is 0 Å². The molecule has 0 bridgehead atoms. The lowest BCUT2D eigenvalue weighted by Crippen LogP contribution is -2.07. The topological polar surface area (TPSA) is 37.3 Å². The largest absolute Gasteiger partial charge is 0.479 e. The smallest absolute Gasteiger partial charge is 0.343 e. The van der Waals surface area contributed by atoms with Crippen molar-refractivity contribution in [1.29, 1.82) is 0 Å². The molecule has 0 saturated heterocycles. The fraction of sp³-hybridized carbons (Fsp3) is 0.0714. The molecule has 0 aliphatic carbocycles. The molecule has 0 spiro atoms. The zero-order valence-corrected chi connectivity index (χ0v) is 9.01. The molecule has 0 saturated carbocycles. The molecule has 0 aliphatic rings. The Morgan fingerprint density at radius 3 is 2.24 bits per heavy atom. The predicted molar refractivity (Wildman–Crippen MR) is 63.4 cm³/mol. The van der Waals surface area contributed by atoms with E-state index in [4.69, 9.17) is 5.11 Å². The van der Waals surface area contributed by atoms with Crippen molar-refractivity contribution < 1.29 is 14.3 Å². The first-order valence-electron chi connectivity index (χ1n) is 5.21. The van der Waals surface area contributed by atoms with E-state index in [-0.39, 0.29) is 5.56 Å². The maximum absolute atomic E-state index is 13.6. The van der Waals surface area contributed by atoms with Gasteiger partial charge in [-0.2, -0.15) is 0 Å². The molecule has 0 fully saturated rings. The fourth-order valence-electron chi connectivity index (χ4n) is 1.73. The molecule has 3 heteroatoms. The zero-order chi connectivity index (χ0) is 12.3. The predicted octanol–water partition coefficient (Wildman–Crippen LogP) is 3.45. The minimum atomic E-state index is -1.99. The highest BCUT2D eigenvalue weighted by Gasteiger charge is 2.21. The summed E-state index contributed by atoms with van der Waals surface area (Å²) in [6, 6.07) is 15.8. The van der Waals surface area contributed by atoms with E-state index in [0.29, 0.717) is 5.56 Å². The van der Waals surface area contributed by atoms with E-state index in [0.717, 1.165) is 5.56 Å². The molecule has 86 valence electrons. The molecule has 0 radical (unpaired) electrons. The first kappa shape index (κ1) is 11.3. The molecule has 0 aliphatic heterocycles. The van der Waals surface area contributed by atoms with Crippen LogP contribution in [0.1, 0.15) is 11.7 Å². The van der Waals surface area contributed by atoms with E-state index >= 15 is 0 Å². The quantitative estimate of drug-likeness (QED) is 0.876. The first-order chi connectivity index (χ1) is 8.20. The van der Waals surface area contributed by atoms with Crippen molar-refractivity contribution >= 4 is 5.97 Å². The molecule has 0 aromatic heterocycles. The van der Waals surface area contributed by atoms with Gasteiger partial charge in [-0.1, -0.05) is 54.6 Å². The molecular weight excluding hydrogens is 219 g/mol. The van der Waals surface area contributed by atoms with Gasteiger partial charge in [0.25, 0.3) is 0 Å². The second-order valence-electron chi connectivity index (χ2n) is 3.65. The third kappa shape index (κ3) is 2.33. The average molecular weight is 230 g/mol. The van der Waals surface area contributed by atoms with Crippen LogP contribution in [0.3, 0.4) is 0 Å². The van der Waals surface area contributed by atoms with E-state index in [1.54, 1.807) is 18.2 Å². The van der Waals surface area contributed by atoms with Crippen molar-refractivity contribution in [3.63, 3.8) is 0 Å². The molecule has 2 aromatic carbocycles. The van der Waals surface area contributed by atoms with E-state index in [1.165, 1.54) is 6.07 Å². The highest BCUT2D eigenvalue weighted by molar-refractivity contribution is 5.79. The second-order valence-corrected chi connectivity index (χ2v) is 3.65. The number of benzene rings is 2. The first-order valence-corrected chi connectivity index (χ1v) is 5.21. The van der Waals surface area contributed by atoms with Gasteiger partial charge in [-0.25, -0.2) is 9.18 Å². The van der Waals surface area contributed by atoms with Crippen molar-refractivity contribution in [2.75, 3.05) is 0 Å². The number of halogens is 1. The van der Waals surface area contributed by atoms with Gasteiger partial charge < -0.3 is 5.11 Å². The van der Waals surface area contributed by atoms with Crippen LogP contribution in [-0.2, 0) is 4.79 Å². The lowest BCUT2D eigenvalue weighted by molar-refractivity contribution is -0.143. The number of hydrogen-bond donors (Lipinski definition) is 1. The summed E-state index contributed by atoms with van der Waals surface area (Å²) in [4.78, 5) is 10.7. The third-order valence-electron chi connectivity index (χ3n) is 2.54. The zero-order valence-electron chi connectivity index (χ0n) is 9.01. The normalized spacial score (nSPS) is 12.1. The van der Waals surface area contributed by atoms with E-state index in [2.05, 4.69) is 0 Å². The number of aliphatic carboxylic acids is 1.